The SMILES string of the molecule is COCCC1(CO)CCCN(CCC(=O)NC2CCCC2)C1. The fraction of sp³-hybridized carbons (Fsp3) is 0.941. The first-order valence-electron chi connectivity index (χ1n) is 8.79. The van der Waals surface area contributed by atoms with Crippen LogP contribution in [-0.4, -0.2) is 61.9 Å². The van der Waals surface area contributed by atoms with Crippen LogP contribution in [0.5, 0.6) is 0 Å². The van der Waals surface area contributed by atoms with E-state index >= 15 is 0 Å². The molecule has 0 aromatic rings. The number of carbonyl (C=O) groups is 1. The Hall–Kier alpha value is -0.650. The molecule has 1 saturated carbocycles. The number of aliphatic hydroxyl groups is 1. The number of likely N-dealkylation sites (tertiary alicyclic amines) is 1. The fourth-order valence-corrected chi connectivity index (χ4v) is 3.86. The zero-order valence-electron chi connectivity index (χ0n) is 14.0. The minimum Gasteiger partial charge on any atom is -0.396 e. The molecule has 1 amide bonds. The molecule has 1 atom stereocenters. The highest BCUT2D eigenvalue weighted by atomic mass is 16.5. The molecule has 0 radical (unpaired) electrons. The normalized spacial score (nSPS) is 27.2. The summed E-state index contributed by atoms with van der Waals surface area (Å²) in [7, 11) is 1.71. The van der Waals surface area contributed by atoms with Gasteiger partial charge in [0.1, 0.15) is 0 Å². The van der Waals surface area contributed by atoms with Crippen molar-refractivity contribution in [2.24, 2.45) is 5.41 Å². The van der Waals surface area contributed by atoms with E-state index < -0.39 is 0 Å². The summed E-state index contributed by atoms with van der Waals surface area (Å²) in [6.07, 6.45) is 8.38. The number of ether oxygens (including phenoxy) is 1. The first-order valence-corrected chi connectivity index (χ1v) is 8.79. The van der Waals surface area contributed by atoms with Crippen molar-refractivity contribution < 1.29 is 14.6 Å². The summed E-state index contributed by atoms with van der Waals surface area (Å²) < 4.78 is 5.19. The van der Waals surface area contributed by atoms with Gasteiger partial charge in [0.15, 0.2) is 0 Å². The van der Waals surface area contributed by atoms with Crippen molar-refractivity contribution in [3.8, 4) is 0 Å². The van der Waals surface area contributed by atoms with Gasteiger partial charge >= 0.3 is 0 Å². The van der Waals surface area contributed by atoms with E-state index in [1.54, 1.807) is 7.11 Å². The van der Waals surface area contributed by atoms with Crippen molar-refractivity contribution in [3.63, 3.8) is 0 Å². The standard InChI is InChI=1S/C17H32N2O3/c1-22-12-9-17(14-20)8-4-10-19(13-17)11-7-16(21)18-15-5-2-3-6-15/h15,20H,2-14H2,1H3,(H,18,21). The number of hydrogen-bond acceptors (Lipinski definition) is 4. The van der Waals surface area contributed by atoms with E-state index in [1.807, 2.05) is 0 Å². The van der Waals surface area contributed by atoms with Crippen molar-refractivity contribution in [1.29, 1.82) is 0 Å². The molecule has 0 bridgehead atoms. The highest BCUT2D eigenvalue weighted by molar-refractivity contribution is 5.76. The Morgan fingerprint density at radius 1 is 1.36 bits per heavy atom. The summed E-state index contributed by atoms with van der Waals surface area (Å²) in [6, 6.07) is 0.409. The molecule has 0 aromatic heterocycles. The molecule has 2 fully saturated rings. The van der Waals surface area contributed by atoms with Crippen LogP contribution in [0.4, 0.5) is 0 Å². The molecule has 2 rings (SSSR count). The number of hydrogen-bond donors (Lipinski definition) is 2. The van der Waals surface area contributed by atoms with Gasteiger partial charge in [-0.3, -0.25) is 4.79 Å². The Balaban J connectivity index is 1.73. The quantitative estimate of drug-likeness (QED) is 0.714. The predicted octanol–water partition coefficient (Wildman–Crippen LogP) is 1.55. The van der Waals surface area contributed by atoms with Crippen LogP contribution in [0.25, 0.3) is 0 Å². The van der Waals surface area contributed by atoms with E-state index in [4.69, 9.17) is 4.74 Å². The maximum Gasteiger partial charge on any atom is 0.221 e. The van der Waals surface area contributed by atoms with Crippen LogP contribution in [0.1, 0.15) is 51.4 Å². The second-order valence-electron chi connectivity index (χ2n) is 7.08. The number of nitrogens with one attached hydrogen (secondary N) is 1. The molecule has 1 heterocycles. The van der Waals surface area contributed by atoms with Gasteiger partial charge < -0.3 is 20.1 Å². The summed E-state index contributed by atoms with van der Waals surface area (Å²) in [5.41, 5.74) is -0.0454. The van der Waals surface area contributed by atoms with E-state index in [1.165, 1.54) is 12.8 Å². The molecule has 0 spiro atoms. The Labute approximate surface area is 134 Å². The van der Waals surface area contributed by atoms with Crippen LogP contribution < -0.4 is 5.32 Å². The molecule has 128 valence electrons. The molecular formula is C17H32N2O3. The number of piperidine rings is 1. The minimum absolute atomic E-state index is 0.0454. The zero-order valence-corrected chi connectivity index (χ0v) is 14.0. The molecule has 0 aromatic carbocycles. The number of amides is 1. The van der Waals surface area contributed by atoms with Crippen LogP contribution >= 0.6 is 0 Å². The van der Waals surface area contributed by atoms with Crippen LogP contribution in [-0.2, 0) is 9.53 Å². The van der Waals surface area contributed by atoms with E-state index in [0.29, 0.717) is 19.1 Å². The Kier molecular flexibility index (Phi) is 7.12. The van der Waals surface area contributed by atoms with Crippen LogP contribution in [0, 0.1) is 5.41 Å². The van der Waals surface area contributed by atoms with E-state index in [-0.39, 0.29) is 17.9 Å². The summed E-state index contributed by atoms with van der Waals surface area (Å²) in [5.74, 6) is 0.184. The summed E-state index contributed by atoms with van der Waals surface area (Å²) in [4.78, 5) is 14.4. The van der Waals surface area contributed by atoms with Gasteiger partial charge in [-0.25, -0.2) is 0 Å². The molecule has 1 aliphatic heterocycles. The van der Waals surface area contributed by atoms with Crippen LogP contribution in [0.15, 0.2) is 0 Å². The van der Waals surface area contributed by atoms with Crippen molar-refractivity contribution in [3.05, 3.63) is 0 Å². The lowest BCUT2D eigenvalue weighted by Gasteiger charge is -2.41. The van der Waals surface area contributed by atoms with Crippen molar-refractivity contribution in [1.82, 2.24) is 10.2 Å². The predicted molar refractivity (Wildman–Crippen MR) is 86.7 cm³/mol. The van der Waals surface area contributed by atoms with Gasteiger partial charge in [-0.05, 0) is 38.6 Å². The molecule has 1 aliphatic carbocycles. The molecule has 1 unspecified atom stereocenters. The van der Waals surface area contributed by atoms with Crippen molar-refractivity contribution in [2.45, 2.75) is 57.4 Å². The number of aliphatic hydroxyl groups excluding tert-OH is 1. The molecule has 22 heavy (non-hydrogen) atoms. The second kappa shape index (κ2) is 8.85. The maximum absolute atomic E-state index is 12.0. The molecular weight excluding hydrogens is 280 g/mol. The number of methoxy groups -OCH3 is 1. The topological polar surface area (TPSA) is 61.8 Å². The van der Waals surface area contributed by atoms with Gasteiger partial charge in [0.05, 0.1) is 6.61 Å². The highest BCUT2D eigenvalue weighted by Gasteiger charge is 2.34. The average Bonchev–Trinajstić information content (AvgIpc) is 3.04. The molecule has 5 nitrogen and oxygen atoms in total. The van der Waals surface area contributed by atoms with E-state index in [0.717, 1.165) is 51.7 Å². The average molecular weight is 312 g/mol. The number of carbonyl (C=O) groups excluding carboxylic acids is 1. The second-order valence-corrected chi connectivity index (χ2v) is 7.08. The van der Waals surface area contributed by atoms with E-state index in [2.05, 4.69) is 10.2 Å². The molecule has 2 N–H and O–H groups in total. The summed E-state index contributed by atoms with van der Waals surface area (Å²) in [6.45, 7) is 3.61. The van der Waals surface area contributed by atoms with E-state index in [9.17, 15) is 9.90 Å². The smallest absolute Gasteiger partial charge is 0.221 e. The molecule has 5 heteroatoms. The van der Waals surface area contributed by atoms with Crippen molar-refractivity contribution >= 4 is 5.91 Å². The lowest BCUT2D eigenvalue weighted by atomic mass is 9.78. The minimum atomic E-state index is -0.0454. The third kappa shape index (κ3) is 5.21. The Morgan fingerprint density at radius 2 is 2.14 bits per heavy atom. The van der Waals surface area contributed by atoms with Gasteiger partial charge in [0.25, 0.3) is 0 Å². The zero-order chi connectivity index (χ0) is 15.8. The van der Waals surface area contributed by atoms with Crippen molar-refractivity contribution in [2.75, 3.05) is 40.0 Å². The van der Waals surface area contributed by atoms with Gasteiger partial charge in [-0.2, -0.15) is 0 Å². The first-order chi connectivity index (χ1) is 10.7. The van der Waals surface area contributed by atoms with Gasteiger partial charge in [-0.15, -0.1) is 0 Å². The monoisotopic (exact) mass is 312 g/mol. The third-order valence-corrected chi connectivity index (χ3v) is 5.29. The lowest BCUT2D eigenvalue weighted by molar-refractivity contribution is -0.122. The molecule has 1 saturated heterocycles. The third-order valence-electron chi connectivity index (χ3n) is 5.29. The highest BCUT2D eigenvalue weighted by Crippen LogP contribution is 2.33. The number of rotatable bonds is 8. The number of nitrogens with zero attached hydrogens (tertiary/aromatic N) is 1. The fourth-order valence-electron chi connectivity index (χ4n) is 3.86. The largest absolute Gasteiger partial charge is 0.396 e. The first kappa shape index (κ1) is 17.7. The summed E-state index contributed by atoms with van der Waals surface area (Å²) >= 11 is 0. The Bertz CT molecular complexity index is 345. The maximum atomic E-state index is 12.0. The van der Waals surface area contributed by atoms with Crippen LogP contribution in [0.3, 0.4) is 0 Å². The van der Waals surface area contributed by atoms with Crippen LogP contribution in [0.2, 0.25) is 0 Å². The summed E-state index contributed by atoms with van der Waals surface area (Å²) in [5, 5.41) is 12.9. The Morgan fingerprint density at radius 3 is 2.82 bits per heavy atom. The van der Waals surface area contributed by atoms with Gasteiger partial charge in [-0.1, -0.05) is 12.8 Å². The van der Waals surface area contributed by atoms with Gasteiger partial charge in [0.2, 0.25) is 5.91 Å². The van der Waals surface area contributed by atoms with Gasteiger partial charge in [0, 0.05) is 44.7 Å². The lowest BCUT2D eigenvalue weighted by Crippen LogP contribution is -2.47. The molecule has 2 aliphatic rings.